The minimum Gasteiger partial charge on any atom is -0.368 e. The lowest BCUT2D eigenvalue weighted by atomic mass is 10.1. The molecule has 1 saturated heterocycles. The van der Waals surface area contributed by atoms with Crippen molar-refractivity contribution >= 4 is 5.91 Å². The topological polar surface area (TPSA) is 81.4 Å². The van der Waals surface area contributed by atoms with Crippen molar-refractivity contribution in [3.05, 3.63) is 41.3 Å². The number of carbonyl (C=O) groups is 1. The van der Waals surface area contributed by atoms with Gasteiger partial charge in [0.05, 0.1) is 37.2 Å². The highest BCUT2D eigenvalue weighted by Crippen LogP contribution is 2.21. The SMILES string of the molecule is Cc1noc(C)c1CC(=O)N1CCO[C@@H](c2cnccn2)C1. The van der Waals surface area contributed by atoms with E-state index < -0.39 is 0 Å². The first-order valence-electron chi connectivity index (χ1n) is 7.22. The van der Waals surface area contributed by atoms with Crippen LogP contribution in [0.1, 0.15) is 28.8 Å². The maximum absolute atomic E-state index is 12.5. The molecule has 0 aromatic carbocycles. The van der Waals surface area contributed by atoms with Crippen molar-refractivity contribution in [2.75, 3.05) is 19.7 Å². The molecule has 0 radical (unpaired) electrons. The Labute approximate surface area is 128 Å². The summed E-state index contributed by atoms with van der Waals surface area (Å²) in [6.07, 6.45) is 4.99. The normalized spacial score (nSPS) is 18.5. The second-order valence-electron chi connectivity index (χ2n) is 5.31. The number of hydrogen-bond acceptors (Lipinski definition) is 6. The molecule has 3 rings (SSSR count). The van der Waals surface area contributed by atoms with Crippen molar-refractivity contribution in [3.8, 4) is 0 Å². The van der Waals surface area contributed by atoms with Gasteiger partial charge in [-0.05, 0) is 13.8 Å². The summed E-state index contributed by atoms with van der Waals surface area (Å²) in [7, 11) is 0. The van der Waals surface area contributed by atoms with Crippen LogP contribution in [0.25, 0.3) is 0 Å². The molecule has 1 aliphatic heterocycles. The first kappa shape index (κ1) is 14.6. The third kappa shape index (κ3) is 2.99. The number of hydrogen-bond donors (Lipinski definition) is 0. The third-order valence-electron chi connectivity index (χ3n) is 3.84. The number of nitrogens with zero attached hydrogens (tertiary/aromatic N) is 4. The van der Waals surface area contributed by atoms with Gasteiger partial charge in [-0.2, -0.15) is 0 Å². The molecule has 1 aliphatic rings. The van der Waals surface area contributed by atoms with Crippen molar-refractivity contribution in [1.82, 2.24) is 20.0 Å². The molecule has 3 heterocycles. The molecule has 116 valence electrons. The highest BCUT2D eigenvalue weighted by atomic mass is 16.5. The predicted octanol–water partition coefficient (Wildman–Crippen LogP) is 1.22. The molecule has 0 saturated carbocycles. The number of ether oxygens (including phenoxy) is 1. The van der Waals surface area contributed by atoms with E-state index in [9.17, 15) is 4.79 Å². The number of morpholine rings is 1. The van der Waals surface area contributed by atoms with E-state index in [1.165, 1.54) is 0 Å². The summed E-state index contributed by atoms with van der Waals surface area (Å²) in [5.41, 5.74) is 2.38. The van der Waals surface area contributed by atoms with Gasteiger partial charge in [-0.3, -0.25) is 14.8 Å². The van der Waals surface area contributed by atoms with Gasteiger partial charge in [0.25, 0.3) is 0 Å². The fourth-order valence-corrected chi connectivity index (χ4v) is 2.55. The first-order valence-corrected chi connectivity index (χ1v) is 7.22. The molecule has 0 N–H and O–H groups in total. The smallest absolute Gasteiger partial charge is 0.227 e. The molecule has 0 bridgehead atoms. The van der Waals surface area contributed by atoms with Gasteiger partial charge < -0.3 is 14.2 Å². The maximum atomic E-state index is 12.5. The Morgan fingerprint density at radius 1 is 1.41 bits per heavy atom. The largest absolute Gasteiger partial charge is 0.368 e. The standard InChI is InChI=1S/C15H18N4O3/c1-10-12(11(2)22-18-10)7-15(20)19-5-6-21-14(9-19)13-8-16-3-4-17-13/h3-4,8,14H,5-7,9H2,1-2H3/t14-/m1/s1. The Kier molecular flexibility index (Phi) is 4.15. The van der Waals surface area contributed by atoms with Gasteiger partial charge in [0.2, 0.25) is 5.91 Å². The molecule has 0 spiro atoms. The van der Waals surface area contributed by atoms with E-state index in [4.69, 9.17) is 9.26 Å². The second kappa shape index (κ2) is 6.23. The van der Waals surface area contributed by atoms with Gasteiger partial charge in [-0.1, -0.05) is 5.16 Å². The fourth-order valence-electron chi connectivity index (χ4n) is 2.55. The van der Waals surface area contributed by atoms with Crippen LogP contribution < -0.4 is 0 Å². The van der Waals surface area contributed by atoms with Gasteiger partial charge in [0.15, 0.2) is 0 Å². The van der Waals surface area contributed by atoms with Crippen LogP contribution in [0.2, 0.25) is 0 Å². The van der Waals surface area contributed by atoms with Gasteiger partial charge in [-0.15, -0.1) is 0 Å². The molecule has 1 amide bonds. The van der Waals surface area contributed by atoms with Crippen LogP contribution in [0, 0.1) is 13.8 Å². The van der Waals surface area contributed by atoms with Crippen LogP contribution in [-0.2, 0) is 16.0 Å². The Bertz CT molecular complexity index is 637. The summed E-state index contributed by atoms with van der Waals surface area (Å²) in [6, 6.07) is 0. The Balaban J connectivity index is 1.68. The van der Waals surface area contributed by atoms with Crippen LogP contribution in [0.4, 0.5) is 0 Å². The van der Waals surface area contributed by atoms with E-state index in [2.05, 4.69) is 15.1 Å². The predicted molar refractivity (Wildman–Crippen MR) is 77.0 cm³/mol. The molecule has 1 fully saturated rings. The lowest BCUT2D eigenvalue weighted by Crippen LogP contribution is -2.43. The molecule has 1 atom stereocenters. The van der Waals surface area contributed by atoms with E-state index in [0.717, 1.165) is 17.0 Å². The average Bonchev–Trinajstić information content (AvgIpc) is 2.88. The van der Waals surface area contributed by atoms with Crippen molar-refractivity contribution in [3.63, 3.8) is 0 Å². The minimum absolute atomic E-state index is 0.0478. The van der Waals surface area contributed by atoms with Crippen molar-refractivity contribution in [2.24, 2.45) is 0 Å². The molecule has 2 aromatic heterocycles. The lowest BCUT2D eigenvalue weighted by Gasteiger charge is -2.32. The van der Waals surface area contributed by atoms with E-state index >= 15 is 0 Å². The molecular weight excluding hydrogens is 284 g/mol. The highest BCUT2D eigenvalue weighted by molar-refractivity contribution is 5.79. The van der Waals surface area contributed by atoms with Crippen LogP contribution >= 0.6 is 0 Å². The molecule has 7 nitrogen and oxygen atoms in total. The Hall–Kier alpha value is -2.28. The number of amides is 1. The summed E-state index contributed by atoms with van der Waals surface area (Å²) >= 11 is 0. The summed E-state index contributed by atoms with van der Waals surface area (Å²) in [5, 5.41) is 3.89. The maximum Gasteiger partial charge on any atom is 0.227 e. The van der Waals surface area contributed by atoms with Crippen LogP contribution in [-0.4, -0.2) is 45.6 Å². The van der Waals surface area contributed by atoms with E-state index in [0.29, 0.717) is 31.9 Å². The molecule has 0 aliphatic carbocycles. The summed E-state index contributed by atoms with van der Waals surface area (Å²) in [4.78, 5) is 22.6. The Morgan fingerprint density at radius 2 is 2.27 bits per heavy atom. The quantitative estimate of drug-likeness (QED) is 0.848. The second-order valence-corrected chi connectivity index (χ2v) is 5.31. The minimum atomic E-state index is -0.226. The highest BCUT2D eigenvalue weighted by Gasteiger charge is 2.27. The molecular formula is C15H18N4O3. The molecule has 0 unspecified atom stereocenters. The number of rotatable bonds is 3. The first-order chi connectivity index (χ1) is 10.6. The van der Waals surface area contributed by atoms with Gasteiger partial charge in [0, 0.05) is 24.5 Å². The molecule has 7 heteroatoms. The molecule has 2 aromatic rings. The monoisotopic (exact) mass is 302 g/mol. The van der Waals surface area contributed by atoms with Gasteiger partial charge in [-0.25, -0.2) is 0 Å². The summed E-state index contributed by atoms with van der Waals surface area (Å²) < 4.78 is 10.8. The number of carbonyl (C=O) groups excluding carboxylic acids is 1. The van der Waals surface area contributed by atoms with E-state index in [-0.39, 0.29) is 12.0 Å². The zero-order chi connectivity index (χ0) is 15.5. The zero-order valence-corrected chi connectivity index (χ0v) is 12.7. The lowest BCUT2D eigenvalue weighted by molar-refractivity contribution is -0.138. The third-order valence-corrected chi connectivity index (χ3v) is 3.84. The Morgan fingerprint density at radius 3 is 2.95 bits per heavy atom. The van der Waals surface area contributed by atoms with Crippen molar-refractivity contribution < 1.29 is 14.1 Å². The molecule has 22 heavy (non-hydrogen) atoms. The number of aryl methyl sites for hydroxylation is 2. The van der Waals surface area contributed by atoms with Crippen LogP contribution in [0.15, 0.2) is 23.1 Å². The fraction of sp³-hybridized carbons (Fsp3) is 0.467. The van der Waals surface area contributed by atoms with E-state index in [1.54, 1.807) is 23.5 Å². The van der Waals surface area contributed by atoms with Gasteiger partial charge >= 0.3 is 0 Å². The summed E-state index contributed by atoms with van der Waals surface area (Å²) in [6.45, 7) is 5.24. The summed E-state index contributed by atoms with van der Waals surface area (Å²) in [5.74, 6) is 0.746. The van der Waals surface area contributed by atoms with Crippen LogP contribution in [0.5, 0.6) is 0 Å². The van der Waals surface area contributed by atoms with Crippen molar-refractivity contribution in [1.29, 1.82) is 0 Å². The number of aromatic nitrogens is 3. The average molecular weight is 302 g/mol. The zero-order valence-electron chi connectivity index (χ0n) is 12.7. The van der Waals surface area contributed by atoms with Gasteiger partial charge in [0.1, 0.15) is 11.9 Å². The van der Waals surface area contributed by atoms with Crippen molar-refractivity contribution in [2.45, 2.75) is 26.4 Å². The van der Waals surface area contributed by atoms with E-state index in [1.807, 2.05) is 13.8 Å². The van der Waals surface area contributed by atoms with Crippen LogP contribution in [0.3, 0.4) is 0 Å².